The summed E-state index contributed by atoms with van der Waals surface area (Å²) in [5.74, 6) is -0.128. The lowest BCUT2D eigenvalue weighted by Gasteiger charge is -2.10. The number of anilines is 1. The van der Waals surface area contributed by atoms with Gasteiger partial charge in [0.25, 0.3) is 5.91 Å². The quantitative estimate of drug-likeness (QED) is 0.185. The van der Waals surface area contributed by atoms with Crippen molar-refractivity contribution in [2.75, 3.05) is 26.0 Å². The van der Waals surface area contributed by atoms with E-state index in [2.05, 4.69) is 26.1 Å². The van der Waals surface area contributed by atoms with Gasteiger partial charge in [-0.1, -0.05) is 51.8 Å². The second kappa shape index (κ2) is 12.8. The molecule has 3 aromatic carbocycles. The fourth-order valence-electron chi connectivity index (χ4n) is 4.04. The topological polar surface area (TPSA) is 62.3 Å². The van der Waals surface area contributed by atoms with Crippen LogP contribution in [-0.4, -0.2) is 42.2 Å². The number of thiazole rings is 1. The molecule has 0 spiro atoms. The third-order valence-corrected chi connectivity index (χ3v) is 7.94. The molecule has 38 heavy (non-hydrogen) atoms. The van der Waals surface area contributed by atoms with Crippen LogP contribution in [0, 0.1) is 6.92 Å². The third-order valence-electron chi connectivity index (χ3n) is 6.09. The van der Waals surface area contributed by atoms with E-state index in [0.29, 0.717) is 34.8 Å². The first-order chi connectivity index (χ1) is 18.2. The van der Waals surface area contributed by atoms with Crippen LogP contribution in [-0.2, 0) is 6.42 Å². The summed E-state index contributed by atoms with van der Waals surface area (Å²) < 4.78 is 0.849. The van der Waals surface area contributed by atoms with E-state index in [-0.39, 0.29) is 11.7 Å². The molecule has 1 N–H and O–H groups in total. The molecule has 1 aromatic heterocycles. The van der Waals surface area contributed by atoms with Crippen molar-refractivity contribution in [1.29, 1.82) is 0 Å². The summed E-state index contributed by atoms with van der Waals surface area (Å²) in [5, 5.41) is 4.49. The van der Waals surface area contributed by atoms with Crippen LogP contribution < -0.4 is 5.32 Å². The summed E-state index contributed by atoms with van der Waals surface area (Å²) in [6, 6.07) is 20.7. The highest BCUT2D eigenvalue weighted by Crippen LogP contribution is 2.34. The van der Waals surface area contributed by atoms with E-state index in [1.165, 1.54) is 11.3 Å². The van der Waals surface area contributed by atoms with Gasteiger partial charge in [0.15, 0.2) is 5.78 Å². The summed E-state index contributed by atoms with van der Waals surface area (Å²) in [7, 11) is 4.00. The maximum atomic E-state index is 13.2. The Morgan fingerprint density at radius 2 is 1.82 bits per heavy atom. The predicted molar refractivity (Wildman–Crippen MR) is 161 cm³/mol. The molecule has 0 saturated carbocycles. The number of aromatic nitrogens is 1. The maximum absolute atomic E-state index is 13.2. The normalized spacial score (nSPS) is 11.1. The number of halogens is 2. The number of ketones is 1. The van der Waals surface area contributed by atoms with E-state index in [9.17, 15) is 9.59 Å². The molecule has 1 heterocycles. The number of hydrogen-bond donors (Lipinski definition) is 1. The fraction of sp³-hybridized carbons (Fsp3) is 0.233. The van der Waals surface area contributed by atoms with Crippen LogP contribution >= 0.6 is 38.9 Å². The Labute approximate surface area is 241 Å². The van der Waals surface area contributed by atoms with E-state index < -0.39 is 0 Å². The molecule has 0 radical (unpaired) electrons. The zero-order chi connectivity index (χ0) is 27.2. The highest BCUT2D eigenvalue weighted by molar-refractivity contribution is 9.10. The van der Waals surface area contributed by atoms with Crippen molar-refractivity contribution in [3.63, 3.8) is 0 Å². The van der Waals surface area contributed by atoms with Gasteiger partial charge in [0.2, 0.25) is 0 Å². The van der Waals surface area contributed by atoms with Crippen molar-refractivity contribution in [2.24, 2.45) is 0 Å². The van der Waals surface area contributed by atoms with E-state index in [0.717, 1.165) is 44.0 Å². The van der Waals surface area contributed by atoms with Gasteiger partial charge >= 0.3 is 0 Å². The Morgan fingerprint density at radius 1 is 1.05 bits per heavy atom. The molecule has 0 fully saturated rings. The smallest absolute Gasteiger partial charge is 0.255 e. The molecule has 1 amide bonds. The van der Waals surface area contributed by atoms with Gasteiger partial charge in [-0.15, -0.1) is 11.3 Å². The zero-order valence-corrected chi connectivity index (χ0v) is 24.7. The minimum absolute atomic E-state index is 0.0473. The molecule has 8 heteroatoms. The average molecular weight is 611 g/mol. The van der Waals surface area contributed by atoms with Crippen LogP contribution in [0.25, 0.3) is 10.4 Å². The van der Waals surface area contributed by atoms with Crippen LogP contribution in [0.15, 0.2) is 71.2 Å². The van der Waals surface area contributed by atoms with Gasteiger partial charge in [-0.25, -0.2) is 4.98 Å². The summed E-state index contributed by atoms with van der Waals surface area (Å²) in [6.45, 7) is 2.88. The Bertz CT molecular complexity index is 1450. The number of carbonyl (C=O) groups excluding carboxylic acids is 2. The first-order valence-corrected chi connectivity index (χ1v) is 14.3. The maximum Gasteiger partial charge on any atom is 0.255 e. The van der Waals surface area contributed by atoms with Crippen LogP contribution in [0.1, 0.15) is 49.8 Å². The number of rotatable bonds is 10. The van der Waals surface area contributed by atoms with Crippen LogP contribution in [0.3, 0.4) is 0 Å². The standard InChI is InChI=1S/C30H29BrClN3O2S/c1-19-9-14-25(33-30(37)21-6-4-7-23(31)16-21)17-22(19)18-27-34-28(26(36)8-5-15-35(2)3)29(38-27)20-10-12-24(32)13-11-20/h4,6-7,9-14,16-17H,5,8,15,18H2,1-3H3,(H,33,37). The molecule has 0 atom stereocenters. The SMILES string of the molecule is Cc1ccc(NC(=O)c2cccc(Br)c2)cc1Cc1nc(C(=O)CCCN(C)C)c(-c2ccc(Cl)cc2)s1. The monoisotopic (exact) mass is 609 g/mol. The molecular formula is C30H29BrClN3O2S. The molecule has 0 aliphatic heterocycles. The second-order valence-corrected chi connectivity index (χ2v) is 11.8. The number of amides is 1. The highest BCUT2D eigenvalue weighted by Gasteiger charge is 2.20. The van der Waals surface area contributed by atoms with Crippen LogP contribution in [0.5, 0.6) is 0 Å². The summed E-state index contributed by atoms with van der Waals surface area (Å²) in [4.78, 5) is 33.7. The number of benzene rings is 3. The van der Waals surface area contributed by atoms with Crippen molar-refractivity contribution >= 4 is 56.2 Å². The number of nitrogens with one attached hydrogen (secondary N) is 1. The number of nitrogens with zero attached hydrogens (tertiary/aromatic N) is 2. The van der Waals surface area contributed by atoms with Crippen molar-refractivity contribution in [2.45, 2.75) is 26.2 Å². The van der Waals surface area contributed by atoms with Gasteiger partial charge in [0.1, 0.15) is 5.69 Å². The molecule has 0 aliphatic rings. The van der Waals surface area contributed by atoms with Gasteiger partial charge in [0, 0.05) is 33.6 Å². The molecule has 0 bridgehead atoms. The second-order valence-electron chi connectivity index (χ2n) is 9.40. The fourth-order valence-corrected chi connectivity index (χ4v) is 5.67. The van der Waals surface area contributed by atoms with Gasteiger partial charge in [-0.2, -0.15) is 0 Å². The van der Waals surface area contributed by atoms with Crippen molar-refractivity contribution < 1.29 is 9.59 Å². The van der Waals surface area contributed by atoms with Crippen LogP contribution in [0.2, 0.25) is 5.02 Å². The minimum Gasteiger partial charge on any atom is -0.322 e. The van der Waals surface area contributed by atoms with Gasteiger partial charge in [-0.3, -0.25) is 9.59 Å². The molecule has 4 rings (SSSR count). The molecule has 0 aliphatic carbocycles. The summed E-state index contributed by atoms with van der Waals surface area (Å²) in [5.41, 5.74) is 4.87. The number of aryl methyl sites for hydroxylation is 1. The lowest BCUT2D eigenvalue weighted by molar-refractivity contribution is 0.0972. The van der Waals surface area contributed by atoms with Crippen molar-refractivity contribution in [3.05, 3.63) is 104 Å². The van der Waals surface area contributed by atoms with Gasteiger partial charge in [-0.05, 0) is 93.1 Å². The Hall–Kier alpha value is -2.84. The predicted octanol–water partition coefficient (Wildman–Crippen LogP) is 7.90. The molecule has 5 nitrogen and oxygen atoms in total. The van der Waals surface area contributed by atoms with E-state index in [1.807, 2.05) is 75.6 Å². The molecule has 4 aromatic rings. The number of Topliss-reactive ketones (excluding diaryl/α,β-unsaturated/α-hetero) is 1. The largest absolute Gasteiger partial charge is 0.322 e. The lowest BCUT2D eigenvalue weighted by atomic mass is 10.0. The van der Waals surface area contributed by atoms with E-state index >= 15 is 0 Å². The molecule has 196 valence electrons. The Kier molecular flexibility index (Phi) is 9.49. The highest BCUT2D eigenvalue weighted by atomic mass is 79.9. The first kappa shape index (κ1) is 28.2. The Balaban J connectivity index is 1.59. The number of carbonyl (C=O) groups is 2. The zero-order valence-electron chi connectivity index (χ0n) is 21.6. The minimum atomic E-state index is -0.175. The molecule has 0 saturated heterocycles. The van der Waals surface area contributed by atoms with Gasteiger partial charge in [0.05, 0.1) is 9.88 Å². The number of hydrogen-bond acceptors (Lipinski definition) is 5. The summed E-state index contributed by atoms with van der Waals surface area (Å²) >= 11 is 11.1. The van der Waals surface area contributed by atoms with Crippen LogP contribution in [0.4, 0.5) is 5.69 Å². The third kappa shape index (κ3) is 7.38. The van der Waals surface area contributed by atoms with Crippen molar-refractivity contribution in [1.82, 2.24) is 9.88 Å². The van der Waals surface area contributed by atoms with Gasteiger partial charge < -0.3 is 10.2 Å². The van der Waals surface area contributed by atoms with E-state index in [1.54, 1.807) is 12.1 Å². The van der Waals surface area contributed by atoms with E-state index in [4.69, 9.17) is 16.6 Å². The lowest BCUT2D eigenvalue weighted by Crippen LogP contribution is -2.14. The Morgan fingerprint density at radius 3 is 2.53 bits per heavy atom. The average Bonchev–Trinajstić information content (AvgIpc) is 3.30. The summed E-state index contributed by atoms with van der Waals surface area (Å²) in [6.07, 6.45) is 1.78. The van der Waals surface area contributed by atoms with Crippen molar-refractivity contribution in [3.8, 4) is 10.4 Å². The first-order valence-electron chi connectivity index (χ1n) is 12.3. The molecular weight excluding hydrogens is 582 g/mol. The molecule has 0 unspecified atom stereocenters.